The molecule has 23 heavy (non-hydrogen) atoms. The summed E-state index contributed by atoms with van der Waals surface area (Å²) >= 11 is 5.92. The Balaban J connectivity index is 1.76. The lowest BCUT2D eigenvalue weighted by Crippen LogP contribution is -2.33. The van der Waals surface area contributed by atoms with Crippen molar-refractivity contribution in [1.29, 1.82) is 0 Å². The summed E-state index contributed by atoms with van der Waals surface area (Å²) in [6.45, 7) is 4.21. The molecule has 0 saturated heterocycles. The number of hydrogen-bond donors (Lipinski definition) is 1. The molecule has 1 heterocycles. The van der Waals surface area contributed by atoms with Crippen LogP contribution in [-0.2, 0) is 11.3 Å². The number of benzene rings is 1. The van der Waals surface area contributed by atoms with Gasteiger partial charge in [-0.2, -0.15) is 0 Å². The van der Waals surface area contributed by atoms with Crippen molar-refractivity contribution in [2.24, 2.45) is 0 Å². The van der Waals surface area contributed by atoms with Crippen LogP contribution >= 0.6 is 11.6 Å². The summed E-state index contributed by atoms with van der Waals surface area (Å²) in [5.41, 5.74) is 1.41. The van der Waals surface area contributed by atoms with Crippen molar-refractivity contribution >= 4 is 17.5 Å². The average Bonchev–Trinajstić information content (AvgIpc) is 2.50. The van der Waals surface area contributed by atoms with Crippen LogP contribution in [0.25, 0.3) is 0 Å². The van der Waals surface area contributed by atoms with E-state index in [-0.39, 0.29) is 18.1 Å². The third-order valence-corrected chi connectivity index (χ3v) is 3.61. The smallest absolute Gasteiger partial charge is 0.258 e. The first-order valence-electron chi connectivity index (χ1n) is 7.14. The molecule has 0 fully saturated rings. The molecule has 0 saturated carbocycles. The molecule has 122 valence electrons. The molecule has 1 amide bonds. The zero-order chi connectivity index (χ0) is 16.8. The third kappa shape index (κ3) is 5.10. The Bertz CT molecular complexity index is 758. The third-order valence-electron chi connectivity index (χ3n) is 3.19. The van der Waals surface area contributed by atoms with E-state index in [9.17, 15) is 9.59 Å². The standard InChI is InChI=1S/C16H18ClN3O3/c1-11-7-13(3-4-14(11)17)23-9-15(21)18-5-6-20-10-19-12(2)8-16(20)22/h3-4,7-8,10H,5-6,9H2,1-2H3,(H,18,21). The molecule has 1 aromatic carbocycles. The summed E-state index contributed by atoms with van der Waals surface area (Å²) in [6, 6.07) is 6.65. The Morgan fingerprint density at radius 1 is 1.35 bits per heavy atom. The number of nitrogens with one attached hydrogen (secondary N) is 1. The van der Waals surface area contributed by atoms with Crippen LogP contribution in [0.1, 0.15) is 11.3 Å². The molecule has 1 aromatic heterocycles. The number of ether oxygens (including phenoxy) is 1. The fraction of sp³-hybridized carbons (Fsp3) is 0.312. The maximum absolute atomic E-state index is 11.7. The van der Waals surface area contributed by atoms with Gasteiger partial charge in [0.15, 0.2) is 6.61 Å². The van der Waals surface area contributed by atoms with E-state index in [0.29, 0.717) is 29.6 Å². The fourth-order valence-corrected chi connectivity index (χ4v) is 2.02. The second-order valence-electron chi connectivity index (χ2n) is 5.11. The lowest BCUT2D eigenvalue weighted by molar-refractivity contribution is -0.123. The van der Waals surface area contributed by atoms with Gasteiger partial charge in [0.25, 0.3) is 11.5 Å². The predicted octanol–water partition coefficient (Wildman–Crippen LogP) is 1.71. The molecule has 0 radical (unpaired) electrons. The molecule has 0 atom stereocenters. The molecular formula is C16H18ClN3O3. The van der Waals surface area contributed by atoms with Gasteiger partial charge in [0.1, 0.15) is 5.75 Å². The van der Waals surface area contributed by atoms with E-state index in [1.165, 1.54) is 17.0 Å². The topological polar surface area (TPSA) is 73.2 Å². The first kappa shape index (κ1) is 17.0. The first-order valence-corrected chi connectivity index (χ1v) is 7.52. The molecule has 0 unspecified atom stereocenters. The van der Waals surface area contributed by atoms with Gasteiger partial charge in [-0.3, -0.25) is 14.2 Å². The van der Waals surface area contributed by atoms with Gasteiger partial charge in [-0.05, 0) is 37.6 Å². The number of halogens is 1. The molecule has 2 rings (SSSR count). The highest BCUT2D eigenvalue weighted by molar-refractivity contribution is 6.31. The van der Waals surface area contributed by atoms with Crippen LogP contribution in [0.15, 0.2) is 35.4 Å². The van der Waals surface area contributed by atoms with E-state index in [4.69, 9.17) is 16.3 Å². The van der Waals surface area contributed by atoms with Gasteiger partial charge in [-0.25, -0.2) is 4.98 Å². The number of nitrogens with zero attached hydrogens (tertiary/aromatic N) is 2. The van der Waals surface area contributed by atoms with Crippen molar-refractivity contribution in [3.8, 4) is 5.75 Å². The highest BCUT2D eigenvalue weighted by Gasteiger charge is 2.04. The molecule has 2 aromatic rings. The van der Waals surface area contributed by atoms with Crippen LogP contribution in [0.4, 0.5) is 0 Å². The van der Waals surface area contributed by atoms with Crippen molar-refractivity contribution in [2.45, 2.75) is 20.4 Å². The predicted molar refractivity (Wildman–Crippen MR) is 87.9 cm³/mol. The van der Waals surface area contributed by atoms with Gasteiger partial charge in [-0.1, -0.05) is 11.6 Å². The molecular weight excluding hydrogens is 318 g/mol. The van der Waals surface area contributed by atoms with Crippen molar-refractivity contribution in [1.82, 2.24) is 14.9 Å². The van der Waals surface area contributed by atoms with E-state index >= 15 is 0 Å². The minimum atomic E-state index is -0.259. The largest absolute Gasteiger partial charge is 0.484 e. The molecule has 0 aliphatic rings. The quantitative estimate of drug-likeness (QED) is 0.872. The molecule has 0 bridgehead atoms. The monoisotopic (exact) mass is 335 g/mol. The van der Waals surface area contributed by atoms with Gasteiger partial charge in [-0.15, -0.1) is 0 Å². The zero-order valence-corrected chi connectivity index (χ0v) is 13.8. The van der Waals surface area contributed by atoms with Gasteiger partial charge in [0, 0.05) is 29.9 Å². The summed E-state index contributed by atoms with van der Waals surface area (Å²) in [5.74, 6) is 0.326. The molecule has 0 aliphatic carbocycles. The number of aryl methyl sites for hydroxylation is 2. The molecule has 0 aliphatic heterocycles. The van der Waals surface area contributed by atoms with Crippen LogP contribution in [0.5, 0.6) is 5.75 Å². The first-order chi connectivity index (χ1) is 11.0. The molecule has 1 N–H and O–H groups in total. The normalized spacial score (nSPS) is 10.4. The number of hydrogen-bond acceptors (Lipinski definition) is 4. The van der Waals surface area contributed by atoms with E-state index in [1.54, 1.807) is 25.1 Å². The average molecular weight is 336 g/mol. The zero-order valence-electron chi connectivity index (χ0n) is 13.0. The summed E-state index contributed by atoms with van der Waals surface area (Å²) in [7, 11) is 0. The van der Waals surface area contributed by atoms with Crippen molar-refractivity contribution < 1.29 is 9.53 Å². The van der Waals surface area contributed by atoms with Crippen LogP contribution in [0, 0.1) is 13.8 Å². The SMILES string of the molecule is Cc1cc(=O)n(CCNC(=O)COc2ccc(Cl)c(C)c2)cn1. The molecule has 6 nitrogen and oxygen atoms in total. The summed E-state index contributed by atoms with van der Waals surface area (Å²) in [5, 5.41) is 3.34. The highest BCUT2D eigenvalue weighted by Crippen LogP contribution is 2.20. The second kappa shape index (κ2) is 7.78. The van der Waals surface area contributed by atoms with Crippen LogP contribution in [0.3, 0.4) is 0 Å². The molecule has 7 heteroatoms. The van der Waals surface area contributed by atoms with Crippen molar-refractivity contribution in [3.05, 3.63) is 57.2 Å². The summed E-state index contributed by atoms with van der Waals surface area (Å²) < 4.78 is 6.84. The fourth-order valence-electron chi connectivity index (χ4n) is 1.91. The summed E-state index contributed by atoms with van der Waals surface area (Å²) in [4.78, 5) is 27.4. The Morgan fingerprint density at radius 2 is 2.13 bits per heavy atom. The van der Waals surface area contributed by atoms with Gasteiger partial charge >= 0.3 is 0 Å². The van der Waals surface area contributed by atoms with Crippen molar-refractivity contribution in [3.63, 3.8) is 0 Å². The Kier molecular flexibility index (Phi) is 5.76. The lowest BCUT2D eigenvalue weighted by Gasteiger charge is -2.09. The van der Waals surface area contributed by atoms with E-state index in [0.717, 1.165) is 5.56 Å². The maximum atomic E-state index is 11.7. The molecule has 0 spiro atoms. The number of aromatic nitrogens is 2. The highest BCUT2D eigenvalue weighted by atomic mass is 35.5. The van der Waals surface area contributed by atoms with E-state index in [1.807, 2.05) is 6.92 Å². The second-order valence-corrected chi connectivity index (χ2v) is 5.52. The van der Waals surface area contributed by atoms with Crippen LogP contribution < -0.4 is 15.6 Å². The van der Waals surface area contributed by atoms with E-state index in [2.05, 4.69) is 10.3 Å². The van der Waals surface area contributed by atoms with Crippen molar-refractivity contribution in [2.75, 3.05) is 13.2 Å². The van der Waals surface area contributed by atoms with Crippen LogP contribution in [0.2, 0.25) is 5.02 Å². The van der Waals surface area contributed by atoms with Crippen LogP contribution in [-0.4, -0.2) is 28.6 Å². The lowest BCUT2D eigenvalue weighted by atomic mass is 10.2. The van der Waals surface area contributed by atoms with Gasteiger partial charge in [0.05, 0.1) is 6.33 Å². The maximum Gasteiger partial charge on any atom is 0.258 e. The Hall–Kier alpha value is -2.34. The number of rotatable bonds is 6. The Labute approximate surface area is 139 Å². The minimum Gasteiger partial charge on any atom is -0.484 e. The van der Waals surface area contributed by atoms with Gasteiger partial charge < -0.3 is 10.1 Å². The minimum absolute atomic E-state index is 0.0951. The number of amides is 1. The van der Waals surface area contributed by atoms with Gasteiger partial charge in [0.2, 0.25) is 0 Å². The number of carbonyl (C=O) groups excluding carboxylic acids is 1. The Morgan fingerprint density at radius 3 is 2.83 bits per heavy atom. The van der Waals surface area contributed by atoms with E-state index < -0.39 is 0 Å². The summed E-state index contributed by atoms with van der Waals surface area (Å²) in [6.07, 6.45) is 1.47. The number of carbonyl (C=O) groups is 1.